The summed E-state index contributed by atoms with van der Waals surface area (Å²) in [7, 11) is 0. The van der Waals surface area contributed by atoms with Crippen LogP contribution < -0.4 is 14.7 Å². The predicted octanol–water partition coefficient (Wildman–Crippen LogP) is 17.7. The molecule has 0 atom stereocenters. The molecule has 0 saturated heterocycles. The third-order valence-corrected chi connectivity index (χ3v) is 12.0. The van der Waals surface area contributed by atoms with Crippen molar-refractivity contribution in [1.82, 2.24) is 0 Å². The van der Waals surface area contributed by atoms with Gasteiger partial charge >= 0.3 is 0 Å². The molecule has 0 radical (unpaired) electrons. The van der Waals surface area contributed by atoms with Crippen molar-refractivity contribution in [2.75, 3.05) is 14.7 Å². The predicted molar refractivity (Wildman–Crippen MR) is 276 cm³/mol. The van der Waals surface area contributed by atoms with Crippen molar-refractivity contribution in [2.45, 2.75) is 13.8 Å². The summed E-state index contributed by atoms with van der Waals surface area (Å²) >= 11 is 0. The van der Waals surface area contributed by atoms with Gasteiger partial charge in [-0.3, -0.25) is 0 Å². The molecular formula is C62H49N3. The summed E-state index contributed by atoms with van der Waals surface area (Å²) in [6, 6.07) is 93.6. The molecule has 0 aliphatic heterocycles. The zero-order chi connectivity index (χ0) is 44.0. The quantitative estimate of drug-likeness (QED) is 0.121. The molecule has 0 heterocycles. The molecule has 0 N–H and O–H groups in total. The Bertz CT molecular complexity index is 3080. The largest absolute Gasteiger partial charge is 0.311 e. The molecule has 3 heteroatoms. The number of para-hydroxylation sites is 3. The number of hydrogen-bond donors (Lipinski definition) is 0. The van der Waals surface area contributed by atoms with Gasteiger partial charge in [-0.15, -0.1) is 0 Å². The molecule has 0 spiro atoms. The van der Waals surface area contributed by atoms with Crippen LogP contribution in [0.25, 0.3) is 33.4 Å². The highest BCUT2D eigenvalue weighted by atomic mass is 15.2. The molecule has 0 unspecified atom stereocenters. The second-order valence-corrected chi connectivity index (χ2v) is 16.4. The SMILES string of the molecule is Cc1ccc(-c2ccc(N(c3ccccc3)c3ccc(-c4ccc(N(c5ccccc5)c5ccc(-c6ccc(N(c7ccccc7)c7ccc(C)cc7)cc6)cc5)cc4)cc3)cc2)cc1. The lowest BCUT2D eigenvalue weighted by atomic mass is 10.0. The Kier molecular flexibility index (Phi) is 11.6. The zero-order valence-corrected chi connectivity index (χ0v) is 36.7. The molecular weight excluding hydrogens is 787 g/mol. The molecule has 0 bridgehead atoms. The Morgan fingerprint density at radius 3 is 0.538 bits per heavy atom. The van der Waals surface area contributed by atoms with E-state index in [0.29, 0.717) is 0 Å². The van der Waals surface area contributed by atoms with Crippen LogP contribution in [0.4, 0.5) is 51.2 Å². The van der Waals surface area contributed by atoms with Crippen LogP contribution in [0.1, 0.15) is 11.1 Å². The maximum absolute atomic E-state index is 2.32. The van der Waals surface area contributed by atoms with Crippen LogP contribution in [-0.2, 0) is 0 Å². The Morgan fingerprint density at radius 1 is 0.169 bits per heavy atom. The van der Waals surface area contributed by atoms with E-state index in [1.807, 2.05) is 0 Å². The summed E-state index contributed by atoms with van der Waals surface area (Å²) in [6.45, 7) is 4.25. The van der Waals surface area contributed by atoms with Gasteiger partial charge in [0, 0.05) is 51.2 Å². The smallest absolute Gasteiger partial charge is 0.0462 e. The Balaban J connectivity index is 0.895. The first kappa shape index (κ1) is 40.7. The van der Waals surface area contributed by atoms with Crippen LogP contribution in [0, 0.1) is 13.8 Å². The fourth-order valence-corrected chi connectivity index (χ4v) is 8.53. The van der Waals surface area contributed by atoms with E-state index in [2.05, 4.69) is 289 Å². The third-order valence-electron chi connectivity index (χ3n) is 12.0. The zero-order valence-electron chi connectivity index (χ0n) is 36.7. The molecule has 10 aromatic rings. The molecule has 0 aliphatic rings. The van der Waals surface area contributed by atoms with Gasteiger partial charge in [-0.05, 0) is 156 Å². The molecule has 0 fully saturated rings. The topological polar surface area (TPSA) is 9.72 Å². The van der Waals surface area contributed by atoms with E-state index in [9.17, 15) is 0 Å². The van der Waals surface area contributed by atoms with Crippen molar-refractivity contribution in [1.29, 1.82) is 0 Å². The molecule has 0 aliphatic carbocycles. The van der Waals surface area contributed by atoms with Gasteiger partial charge in [-0.2, -0.15) is 0 Å². The van der Waals surface area contributed by atoms with Crippen molar-refractivity contribution < 1.29 is 0 Å². The highest BCUT2D eigenvalue weighted by molar-refractivity contribution is 5.83. The lowest BCUT2D eigenvalue weighted by molar-refractivity contribution is 1.27. The Morgan fingerprint density at radius 2 is 0.323 bits per heavy atom. The summed E-state index contributed by atoms with van der Waals surface area (Å²) < 4.78 is 0. The van der Waals surface area contributed by atoms with Crippen LogP contribution in [0.15, 0.2) is 261 Å². The molecule has 3 nitrogen and oxygen atoms in total. The fourth-order valence-electron chi connectivity index (χ4n) is 8.53. The molecule has 0 saturated carbocycles. The molecule has 312 valence electrons. The number of nitrogens with zero attached hydrogens (tertiary/aromatic N) is 3. The summed E-state index contributed by atoms with van der Waals surface area (Å²) in [5, 5.41) is 0. The van der Waals surface area contributed by atoms with E-state index >= 15 is 0 Å². The van der Waals surface area contributed by atoms with Gasteiger partial charge in [0.05, 0.1) is 0 Å². The van der Waals surface area contributed by atoms with E-state index in [-0.39, 0.29) is 0 Å². The molecule has 10 aromatic carbocycles. The Labute approximate surface area is 383 Å². The maximum Gasteiger partial charge on any atom is 0.0462 e. The molecule has 10 rings (SSSR count). The van der Waals surface area contributed by atoms with Crippen molar-refractivity contribution in [3.05, 3.63) is 272 Å². The van der Waals surface area contributed by atoms with Gasteiger partial charge in [0.2, 0.25) is 0 Å². The number of aryl methyl sites for hydroxylation is 2. The average Bonchev–Trinajstić information content (AvgIpc) is 3.37. The molecule has 0 amide bonds. The third kappa shape index (κ3) is 8.95. The van der Waals surface area contributed by atoms with Gasteiger partial charge in [0.15, 0.2) is 0 Å². The summed E-state index contributed by atoms with van der Waals surface area (Å²) in [6.07, 6.45) is 0. The fraction of sp³-hybridized carbons (Fsp3) is 0.0323. The highest BCUT2D eigenvalue weighted by Crippen LogP contribution is 2.40. The van der Waals surface area contributed by atoms with Crippen LogP contribution in [0.3, 0.4) is 0 Å². The Hall–Kier alpha value is -8.40. The summed E-state index contributed by atoms with van der Waals surface area (Å²) in [5.74, 6) is 0. The van der Waals surface area contributed by atoms with Gasteiger partial charge in [-0.1, -0.05) is 163 Å². The van der Waals surface area contributed by atoms with Crippen molar-refractivity contribution in [3.8, 4) is 33.4 Å². The van der Waals surface area contributed by atoms with E-state index < -0.39 is 0 Å². The van der Waals surface area contributed by atoms with Crippen LogP contribution in [-0.4, -0.2) is 0 Å². The molecule has 65 heavy (non-hydrogen) atoms. The van der Waals surface area contributed by atoms with Gasteiger partial charge in [0.1, 0.15) is 0 Å². The van der Waals surface area contributed by atoms with Gasteiger partial charge < -0.3 is 14.7 Å². The lowest BCUT2D eigenvalue weighted by Gasteiger charge is -2.26. The first-order chi connectivity index (χ1) is 32.0. The van der Waals surface area contributed by atoms with Crippen LogP contribution >= 0.6 is 0 Å². The van der Waals surface area contributed by atoms with Gasteiger partial charge in [0.25, 0.3) is 0 Å². The minimum atomic E-state index is 1.09. The standard InChI is InChI=1S/C62H49N3/c1-46-18-22-48(23-19-46)49-24-36-59(37-25-49)64(55-14-8-4-9-15-55)60-40-30-52(31-41-60)53-32-44-62(45-33-53)65(56-16-10-5-11-17-56)61-42-28-51(29-43-61)50-26-38-58(39-27-50)63(54-12-6-3-7-13-54)57-34-20-47(2)21-35-57/h3-45H,1-2H3. The maximum atomic E-state index is 2.32. The first-order valence-corrected chi connectivity index (χ1v) is 22.2. The minimum absolute atomic E-state index is 1.09. The normalized spacial score (nSPS) is 10.9. The van der Waals surface area contributed by atoms with E-state index in [1.165, 1.54) is 33.4 Å². The number of benzene rings is 10. The van der Waals surface area contributed by atoms with Crippen molar-refractivity contribution in [3.63, 3.8) is 0 Å². The van der Waals surface area contributed by atoms with Crippen LogP contribution in [0.5, 0.6) is 0 Å². The second kappa shape index (κ2) is 18.5. The highest BCUT2D eigenvalue weighted by Gasteiger charge is 2.16. The van der Waals surface area contributed by atoms with Crippen molar-refractivity contribution >= 4 is 51.2 Å². The average molecular weight is 836 g/mol. The lowest BCUT2D eigenvalue weighted by Crippen LogP contribution is -2.10. The summed E-state index contributed by atoms with van der Waals surface area (Å²) in [5.41, 5.74) is 19.6. The molecule has 0 aromatic heterocycles. The number of hydrogen-bond acceptors (Lipinski definition) is 3. The number of rotatable bonds is 12. The van der Waals surface area contributed by atoms with Crippen molar-refractivity contribution in [2.24, 2.45) is 0 Å². The summed E-state index contributed by atoms with van der Waals surface area (Å²) in [4.78, 5) is 6.94. The monoisotopic (exact) mass is 835 g/mol. The van der Waals surface area contributed by atoms with Crippen LogP contribution in [0.2, 0.25) is 0 Å². The second-order valence-electron chi connectivity index (χ2n) is 16.4. The van der Waals surface area contributed by atoms with E-state index in [1.54, 1.807) is 0 Å². The van der Waals surface area contributed by atoms with Gasteiger partial charge in [-0.25, -0.2) is 0 Å². The minimum Gasteiger partial charge on any atom is -0.311 e. The first-order valence-electron chi connectivity index (χ1n) is 22.2. The number of anilines is 9. The van der Waals surface area contributed by atoms with E-state index in [4.69, 9.17) is 0 Å². The van der Waals surface area contributed by atoms with E-state index in [0.717, 1.165) is 62.3 Å².